The molecule has 0 bridgehead atoms. The van der Waals surface area contributed by atoms with Crippen LogP contribution in [-0.2, 0) is 28.8 Å². The third-order valence-electron chi connectivity index (χ3n) is 10.3. The monoisotopic (exact) mass is 699 g/mol. The summed E-state index contributed by atoms with van der Waals surface area (Å²) in [6, 6.07) is 2.04. The summed E-state index contributed by atoms with van der Waals surface area (Å²) >= 11 is 6.31. The topological polar surface area (TPSA) is 169 Å². The van der Waals surface area contributed by atoms with E-state index in [1.165, 1.54) is 24.9 Å². The van der Waals surface area contributed by atoms with Crippen LogP contribution in [0.15, 0.2) is 23.4 Å². The number of carbonyl (C=O) groups excluding carboxylic acids is 5. The molecule has 1 aromatic carbocycles. The number of hydrogen-bond donors (Lipinski definition) is 3. The van der Waals surface area contributed by atoms with Crippen molar-refractivity contribution in [2.24, 2.45) is 28.1 Å². The van der Waals surface area contributed by atoms with Crippen molar-refractivity contribution >= 4 is 46.7 Å². The molecule has 4 amide bonds. The standard InChI is InChI=1S/C36H50ClN5O7/c1-35(2,3)31(40-29(43)16-21-9-7-5-6-8-10-21)34(47)42-20-36(18-26(41-49-36)24-17-23(37)13-14-28(24)48-4)19-27(42)33(46)39-25(15-22-11-12-22)30(44)32(38)45/h13-14,17,21-22,25,27,31H,5-12,15-16,18-20H2,1-4H3,(H2,38,45)(H,39,46)(H,40,43)/t25-,27-,31+,36+/m0/s1. The second kappa shape index (κ2) is 15.1. The first-order chi connectivity index (χ1) is 23.2. The highest BCUT2D eigenvalue weighted by atomic mass is 35.5. The minimum atomic E-state index is -1.13. The van der Waals surface area contributed by atoms with E-state index in [-0.39, 0.29) is 37.1 Å². The van der Waals surface area contributed by atoms with Crippen LogP contribution in [0.4, 0.5) is 0 Å². The summed E-state index contributed by atoms with van der Waals surface area (Å²) in [5, 5.41) is 10.6. The Morgan fingerprint density at radius 1 is 1.06 bits per heavy atom. The number of ketones is 1. The summed E-state index contributed by atoms with van der Waals surface area (Å²) in [5.74, 6) is -2.21. The Hall–Kier alpha value is -3.67. The fourth-order valence-corrected chi connectivity index (χ4v) is 7.57. The van der Waals surface area contributed by atoms with E-state index in [4.69, 9.17) is 26.9 Å². The number of benzene rings is 1. The highest BCUT2D eigenvalue weighted by molar-refractivity contribution is 6.37. The summed E-state index contributed by atoms with van der Waals surface area (Å²) in [6.07, 6.45) is 9.24. The first kappa shape index (κ1) is 36.6. The van der Waals surface area contributed by atoms with Gasteiger partial charge in [-0.2, -0.15) is 0 Å². The Morgan fingerprint density at radius 3 is 2.37 bits per heavy atom. The Bertz CT molecular complexity index is 1480. The van der Waals surface area contributed by atoms with Gasteiger partial charge in [0.15, 0.2) is 5.60 Å². The molecule has 12 nitrogen and oxygen atoms in total. The second-order valence-corrected chi connectivity index (χ2v) is 15.9. The molecule has 5 rings (SSSR count). The number of nitrogens with one attached hydrogen (secondary N) is 2. The highest BCUT2D eigenvalue weighted by Crippen LogP contribution is 2.42. The first-order valence-electron chi connectivity index (χ1n) is 17.5. The molecule has 49 heavy (non-hydrogen) atoms. The van der Waals surface area contributed by atoms with Crippen LogP contribution in [-0.4, -0.2) is 77.4 Å². The number of likely N-dealkylation sites (tertiary alicyclic amines) is 1. The average Bonchev–Trinajstić information content (AvgIpc) is 3.73. The van der Waals surface area contributed by atoms with E-state index in [9.17, 15) is 24.0 Å². The summed E-state index contributed by atoms with van der Waals surface area (Å²) in [4.78, 5) is 74.3. The third-order valence-corrected chi connectivity index (χ3v) is 10.5. The van der Waals surface area contributed by atoms with Gasteiger partial charge in [0.2, 0.25) is 23.5 Å². The highest BCUT2D eigenvalue weighted by Gasteiger charge is 2.56. The van der Waals surface area contributed by atoms with Crippen LogP contribution in [0.5, 0.6) is 5.75 Å². The zero-order chi connectivity index (χ0) is 35.5. The van der Waals surface area contributed by atoms with E-state index in [1.807, 2.05) is 20.8 Å². The number of Topliss-reactive ketones (excluding diaryl/α,β-unsaturated/α-hetero) is 1. The summed E-state index contributed by atoms with van der Waals surface area (Å²) < 4.78 is 5.54. The van der Waals surface area contributed by atoms with Crippen molar-refractivity contribution in [1.29, 1.82) is 0 Å². The van der Waals surface area contributed by atoms with Gasteiger partial charge < -0.3 is 30.8 Å². The van der Waals surface area contributed by atoms with E-state index in [2.05, 4.69) is 15.8 Å². The van der Waals surface area contributed by atoms with Gasteiger partial charge in [0.25, 0.3) is 5.91 Å². The van der Waals surface area contributed by atoms with Crippen molar-refractivity contribution in [1.82, 2.24) is 15.5 Å². The van der Waals surface area contributed by atoms with Gasteiger partial charge >= 0.3 is 0 Å². The van der Waals surface area contributed by atoms with Gasteiger partial charge in [0.1, 0.15) is 17.8 Å². The van der Waals surface area contributed by atoms with E-state index >= 15 is 0 Å². The SMILES string of the molecule is COc1ccc(Cl)cc1C1=NO[C@]2(C1)C[C@@H](C(=O)N[C@@H](CC1CC1)C(=O)C(N)=O)N(C(=O)[C@@H](NC(=O)CC1CCCCCC1)C(C)(C)C)C2. The number of nitrogens with two attached hydrogens (primary N) is 1. The van der Waals surface area contributed by atoms with Gasteiger partial charge in [-0.15, -0.1) is 0 Å². The molecule has 1 aromatic rings. The van der Waals surface area contributed by atoms with Gasteiger partial charge in [-0.05, 0) is 54.7 Å². The molecule has 1 spiro atoms. The van der Waals surface area contributed by atoms with E-state index < -0.39 is 52.6 Å². The molecule has 0 unspecified atom stereocenters. The number of rotatable bonds is 12. The van der Waals surface area contributed by atoms with Crippen LogP contribution >= 0.6 is 11.6 Å². The zero-order valence-electron chi connectivity index (χ0n) is 29.0. The maximum absolute atomic E-state index is 14.6. The summed E-state index contributed by atoms with van der Waals surface area (Å²) in [5.41, 5.74) is 4.75. The fourth-order valence-electron chi connectivity index (χ4n) is 7.40. The number of ether oxygens (including phenoxy) is 1. The maximum Gasteiger partial charge on any atom is 0.287 e. The molecule has 2 aliphatic heterocycles. The number of halogens is 1. The molecule has 0 aromatic heterocycles. The molecule has 0 radical (unpaired) electrons. The number of hydrogen-bond acceptors (Lipinski definition) is 8. The van der Waals surface area contributed by atoms with Crippen molar-refractivity contribution in [3.8, 4) is 5.75 Å². The lowest BCUT2D eigenvalue weighted by atomic mass is 9.85. The van der Waals surface area contributed by atoms with Gasteiger partial charge in [0.05, 0.1) is 25.4 Å². The van der Waals surface area contributed by atoms with Gasteiger partial charge in [-0.3, -0.25) is 24.0 Å². The molecule has 4 atom stereocenters. The smallest absolute Gasteiger partial charge is 0.287 e. The van der Waals surface area contributed by atoms with Crippen LogP contribution in [0.3, 0.4) is 0 Å². The quantitative estimate of drug-likeness (QED) is 0.218. The molecule has 2 heterocycles. The molecule has 1 saturated heterocycles. The maximum atomic E-state index is 14.6. The van der Waals surface area contributed by atoms with E-state index in [0.717, 1.165) is 38.5 Å². The molecule has 2 aliphatic carbocycles. The van der Waals surface area contributed by atoms with Crippen molar-refractivity contribution in [3.63, 3.8) is 0 Å². The number of carbonyl (C=O) groups is 5. The van der Waals surface area contributed by atoms with E-state index in [0.29, 0.717) is 34.9 Å². The van der Waals surface area contributed by atoms with Crippen molar-refractivity contribution in [2.45, 2.75) is 122 Å². The summed E-state index contributed by atoms with van der Waals surface area (Å²) in [6.45, 7) is 5.62. The van der Waals surface area contributed by atoms with Crippen LogP contribution in [0.2, 0.25) is 5.02 Å². The first-order valence-corrected chi connectivity index (χ1v) is 17.9. The summed E-state index contributed by atoms with van der Waals surface area (Å²) in [7, 11) is 1.54. The molecule has 3 fully saturated rings. The van der Waals surface area contributed by atoms with Crippen molar-refractivity contribution in [2.75, 3.05) is 13.7 Å². The van der Waals surface area contributed by atoms with Crippen LogP contribution in [0.25, 0.3) is 0 Å². The normalized spacial score (nSPS) is 24.0. The number of oxime groups is 1. The van der Waals surface area contributed by atoms with Crippen LogP contribution in [0, 0.1) is 17.3 Å². The average molecular weight is 700 g/mol. The molecule has 2 saturated carbocycles. The van der Waals surface area contributed by atoms with E-state index in [1.54, 1.807) is 18.2 Å². The molecule has 268 valence electrons. The Morgan fingerprint density at radius 2 is 1.76 bits per heavy atom. The Balaban J connectivity index is 1.41. The van der Waals surface area contributed by atoms with Crippen LogP contribution in [0.1, 0.15) is 103 Å². The Kier molecular flexibility index (Phi) is 11.3. The number of amides is 4. The van der Waals surface area contributed by atoms with Gasteiger partial charge in [0, 0.05) is 29.8 Å². The molecule has 4 aliphatic rings. The number of primary amides is 1. The number of nitrogens with zero attached hydrogens (tertiary/aromatic N) is 2. The minimum Gasteiger partial charge on any atom is -0.496 e. The number of methoxy groups -OCH3 is 1. The predicted octanol–water partition coefficient (Wildman–Crippen LogP) is 4.04. The van der Waals surface area contributed by atoms with Crippen molar-refractivity contribution < 1.29 is 33.5 Å². The molecular formula is C36H50ClN5O7. The van der Waals surface area contributed by atoms with Crippen LogP contribution < -0.4 is 21.1 Å². The minimum absolute atomic E-state index is 0.00192. The molecule has 4 N–H and O–H groups in total. The lowest BCUT2D eigenvalue weighted by Crippen LogP contribution is -2.59. The lowest BCUT2D eigenvalue weighted by molar-refractivity contribution is -0.145. The zero-order valence-corrected chi connectivity index (χ0v) is 29.8. The second-order valence-electron chi connectivity index (χ2n) is 15.4. The molecule has 13 heteroatoms. The largest absolute Gasteiger partial charge is 0.496 e. The Labute approximate surface area is 293 Å². The fraction of sp³-hybridized carbons (Fsp3) is 0.667. The lowest BCUT2D eigenvalue weighted by Gasteiger charge is -2.36. The van der Waals surface area contributed by atoms with Gasteiger partial charge in [-0.1, -0.05) is 76.1 Å². The van der Waals surface area contributed by atoms with Gasteiger partial charge in [-0.25, -0.2) is 0 Å². The third kappa shape index (κ3) is 8.93. The van der Waals surface area contributed by atoms with Crippen molar-refractivity contribution in [3.05, 3.63) is 28.8 Å². The predicted molar refractivity (Wildman–Crippen MR) is 184 cm³/mol. The molecular weight excluding hydrogens is 650 g/mol.